The van der Waals surface area contributed by atoms with E-state index in [1.807, 2.05) is 6.92 Å². The fourth-order valence-electron chi connectivity index (χ4n) is 1.76. The molecule has 0 aliphatic carbocycles. The average Bonchev–Trinajstić information content (AvgIpc) is 2.85. The van der Waals surface area contributed by atoms with Gasteiger partial charge in [0.05, 0.1) is 5.56 Å². The van der Waals surface area contributed by atoms with E-state index in [0.717, 1.165) is 6.07 Å². The summed E-state index contributed by atoms with van der Waals surface area (Å²) in [5, 5.41) is 3.62. The number of hydrogen-bond donors (Lipinski definition) is 1. The molecule has 2 rings (SSSR count). The van der Waals surface area contributed by atoms with E-state index in [1.54, 1.807) is 0 Å². The number of nitrogens with zero attached hydrogens (tertiary/aromatic N) is 2. The van der Waals surface area contributed by atoms with Crippen molar-refractivity contribution in [2.24, 2.45) is 5.73 Å². The van der Waals surface area contributed by atoms with Crippen LogP contribution in [0, 0.1) is 0 Å². The average molecular weight is 364 g/mol. The van der Waals surface area contributed by atoms with Gasteiger partial charge < -0.3 is 10.3 Å². The lowest BCUT2D eigenvalue weighted by Gasteiger charge is -2.10. The molecule has 0 fully saturated rings. The van der Waals surface area contributed by atoms with Gasteiger partial charge >= 0.3 is 6.18 Å². The molecule has 114 valence electrons. The van der Waals surface area contributed by atoms with Gasteiger partial charge in [-0.1, -0.05) is 28.0 Å². The smallest absolute Gasteiger partial charge is 0.339 e. The molecule has 0 radical (unpaired) electrons. The van der Waals surface area contributed by atoms with E-state index in [2.05, 4.69) is 26.1 Å². The molecule has 2 N–H and O–H groups in total. The molecule has 1 aromatic carbocycles. The lowest BCUT2D eigenvalue weighted by molar-refractivity contribution is -0.137. The maximum Gasteiger partial charge on any atom is 0.417 e. The Hall–Kier alpha value is -1.41. The highest BCUT2D eigenvalue weighted by atomic mass is 79.9. The van der Waals surface area contributed by atoms with Gasteiger partial charge in [0.15, 0.2) is 0 Å². The lowest BCUT2D eigenvalue weighted by Crippen LogP contribution is -2.21. The van der Waals surface area contributed by atoms with Gasteiger partial charge in [0.2, 0.25) is 11.7 Å². The van der Waals surface area contributed by atoms with E-state index in [1.165, 1.54) is 12.1 Å². The van der Waals surface area contributed by atoms with Crippen molar-refractivity contribution in [2.45, 2.75) is 32.0 Å². The summed E-state index contributed by atoms with van der Waals surface area (Å²) >= 11 is 3.03. The van der Waals surface area contributed by atoms with Crippen LogP contribution in [0.1, 0.15) is 24.8 Å². The molecule has 1 heterocycles. The Morgan fingerprint density at radius 1 is 1.38 bits per heavy atom. The number of aromatic nitrogens is 2. The molecular formula is C13H13BrF3N3O. The van der Waals surface area contributed by atoms with Crippen LogP contribution >= 0.6 is 15.9 Å². The van der Waals surface area contributed by atoms with Crippen molar-refractivity contribution >= 4 is 15.9 Å². The molecule has 0 amide bonds. The van der Waals surface area contributed by atoms with Crippen molar-refractivity contribution in [3.63, 3.8) is 0 Å². The van der Waals surface area contributed by atoms with Crippen molar-refractivity contribution in [1.29, 1.82) is 0 Å². The second-order valence-electron chi connectivity index (χ2n) is 4.57. The molecule has 0 aliphatic heterocycles. The summed E-state index contributed by atoms with van der Waals surface area (Å²) in [5.74, 6) is 0.142. The van der Waals surface area contributed by atoms with Crippen molar-refractivity contribution in [1.82, 2.24) is 10.1 Å². The molecule has 1 unspecified atom stereocenters. The van der Waals surface area contributed by atoms with Crippen LogP contribution in [0.3, 0.4) is 0 Å². The molecule has 0 spiro atoms. The molecular weight excluding hydrogens is 351 g/mol. The van der Waals surface area contributed by atoms with Gasteiger partial charge in [0.25, 0.3) is 0 Å². The highest BCUT2D eigenvalue weighted by Crippen LogP contribution is 2.37. The molecule has 0 aliphatic rings. The third kappa shape index (κ3) is 3.82. The first-order valence-electron chi connectivity index (χ1n) is 6.26. The molecule has 0 bridgehead atoms. The van der Waals surface area contributed by atoms with E-state index >= 15 is 0 Å². The van der Waals surface area contributed by atoms with Crippen LogP contribution in [0.4, 0.5) is 13.2 Å². The third-order valence-electron chi connectivity index (χ3n) is 2.96. The SMILES string of the molecule is CCC(N)Cc1nc(-c2ccc(Br)cc2C(F)(F)F)no1. The molecule has 0 saturated heterocycles. The summed E-state index contributed by atoms with van der Waals surface area (Å²) in [7, 11) is 0. The van der Waals surface area contributed by atoms with Crippen LogP contribution < -0.4 is 5.73 Å². The Bertz CT molecular complexity index is 627. The number of hydrogen-bond acceptors (Lipinski definition) is 4. The number of alkyl halides is 3. The topological polar surface area (TPSA) is 64.9 Å². The van der Waals surface area contributed by atoms with Gasteiger partial charge in [-0.15, -0.1) is 0 Å². The number of rotatable bonds is 4. The number of benzene rings is 1. The zero-order valence-electron chi connectivity index (χ0n) is 11.1. The second kappa shape index (κ2) is 6.15. The van der Waals surface area contributed by atoms with Gasteiger partial charge in [-0.2, -0.15) is 18.2 Å². The van der Waals surface area contributed by atoms with E-state index in [0.29, 0.717) is 17.3 Å². The molecule has 2 aromatic rings. The Labute approximate surface area is 127 Å². The first-order valence-corrected chi connectivity index (χ1v) is 7.05. The molecule has 0 saturated carbocycles. The minimum Gasteiger partial charge on any atom is -0.339 e. The van der Waals surface area contributed by atoms with E-state index in [9.17, 15) is 13.2 Å². The second-order valence-corrected chi connectivity index (χ2v) is 5.49. The van der Waals surface area contributed by atoms with E-state index in [-0.39, 0.29) is 23.3 Å². The summed E-state index contributed by atoms with van der Waals surface area (Å²) in [6.45, 7) is 1.90. The predicted molar refractivity (Wildman–Crippen MR) is 74.4 cm³/mol. The largest absolute Gasteiger partial charge is 0.417 e. The zero-order chi connectivity index (χ0) is 15.6. The number of halogens is 4. The molecule has 1 aromatic heterocycles. The Balaban J connectivity index is 2.39. The van der Waals surface area contributed by atoms with Gasteiger partial charge in [0.1, 0.15) is 0 Å². The van der Waals surface area contributed by atoms with Gasteiger partial charge in [-0.05, 0) is 24.6 Å². The highest BCUT2D eigenvalue weighted by Gasteiger charge is 2.35. The normalized spacial score (nSPS) is 13.4. The Morgan fingerprint density at radius 2 is 2.10 bits per heavy atom. The summed E-state index contributed by atoms with van der Waals surface area (Å²) in [5.41, 5.74) is 4.82. The van der Waals surface area contributed by atoms with Gasteiger partial charge in [0, 0.05) is 22.5 Å². The maximum absolute atomic E-state index is 13.1. The number of nitrogens with two attached hydrogens (primary N) is 1. The fourth-order valence-corrected chi connectivity index (χ4v) is 2.12. The minimum absolute atomic E-state index is 0.0897. The summed E-state index contributed by atoms with van der Waals surface area (Å²) < 4.78 is 44.5. The zero-order valence-corrected chi connectivity index (χ0v) is 12.7. The van der Waals surface area contributed by atoms with Crippen LogP contribution in [0.15, 0.2) is 27.2 Å². The Morgan fingerprint density at radius 3 is 2.71 bits per heavy atom. The summed E-state index contributed by atoms with van der Waals surface area (Å²) in [6, 6.07) is 3.63. The predicted octanol–water partition coefficient (Wildman–Crippen LogP) is 3.80. The van der Waals surface area contributed by atoms with Crippen LogP contribution in [0.25, 0.3) is 11.4 Å². The van der Waals surface area contributed by atoms with Crippen LogP contribution in [0.5, 0.6) is 0 Å². The van der Waals surface area contributed by atoms with Crippen LogP contribution in [-0.4, -0.2) is 16.2 Å². The third-order valence-corrected chi connectivity index (χ3v) is 3.45. The van der Waals surface area contributed by atoms with Crippen LogP contribution in [-0.2, 0) is 12.6 Å². The molecule has 1 atom stereocenters. The quantitative estimate of drug-likeness (QED) is 0.897. The summed E-state index contributed by atoms with van der Waals surface area (Å²) in [4.78, 5) is 4.00. The first kappa shape index (κ1) is 16.0. The van der Waals surface area contributed by atoms with E-state index in [4.69, 9.17) is 10.3 Å². The van der Waals surface area contributed by atoms with E-state index < -0.39 is 11.7 Å². The summed E-state index contributed by atoms with van der Waals surface area (Å²) in [6.07, 6.45) is -3.45. The van der Waals surface area contributed by atoms with Crippen LogP contribution in [0.2, 0.25) is 0 Å². The molecule has 4 nitrogen and oxygen atoms in total. The standard InChI is InChI=1S/C13H13BrF3N3O/c1-2-8(18)6-11-19-12(20-21-11)9-4-3-7(14)5-10(9)13(15,16)17/h3-5,8H,2,6,18H2,1H3. The van der Waals surface area contributed by atoms with Gasteiger partial charge in [-0.3, -0.25) is 0 Å². The van der Waals surface area contributed by atoms with Gasteiger partial charge in [-0.25, -0.2) is 0 Å². The maximum atomic E-state index is 13.1. The monoisotopic (exact) mass is 363 g/mol. The molecule has 8 heteroatoms. The van der Waals surface area contributed by atoms with Crippen molar-refractivity contribution in [2.75, 3.05) is 0 Å². The first-order chi connectivity index (χ1) is 9.81. The minimum atomic E-state index is -4.50. The lowest BCUT2D eigenvalue weighted by atomic mass is 10.1. The molecule has 21 heavy (non-hydrogen) atoms. The Kier molecular flexibility index (Phi) is 4.67. The fraction of sp³-hybridized carbons (Fsp3) is 0.385. The van der Waals surface area contributed by atoms with Crippen molar-refractivity contribution < 1.29 is 17.7 Å². The van der Waals surface area contributed by atoms with Crippen molar-refractivity contribution in [3.8, 4) is 11.4 Å². The highest BCUT2D eigenvalue weighted by molar-refractivity contribution is 9.10. The van der Waals surface area contributed by atoms with Crippen molar-refractivity contribution in [3.05, 3.63) is 34.1 Å².